The summed E-state index contributed by atoms with van der Waals surface area (Å²) in [5.41, 5.74) is 0.738. The molecule has 0 spiro atoms. The molecule has 0 radical (unpaired) electrons. The van der Waals surface area contributed by atoms with Gasteiger partial charge in [-0.15, -0.1) is 5.10 Å². The summed E-state index contributed by atoms with van der Waals surface area (Å²) in [5.74, 6) is 0. The van der Waals surface area contributed by atoms with Gasteiger partial charge in [0.25, 0.3) is 0 Å². The molecule has 0 aliphatic carbocycles. The first-order chi connectivity index (χ1) is 5.74. The second-order valence-corrected chi connectivity index (χ2v) is 3.88. The lowest BCUT2D eigenvalue weighted by Gasteiger charge is -2.07. The number of nitrogens with zero attached hydrogens (tertiary/aromatic N) is 2. The first-order valence-electron chi connectivity index (χ1n) is 3.82. The highest BCUT2D eigenvalue weighted by Crippen LogP contribution is 2.18. The Morgan fingerprint density at radius 2 is 2.42 bits per heavy atom. The second kappa shape index (κ2) is 4.74. The predicted molar refractivity (Wildman–Crippen MR) is 49.5 cm³/mol. The first kappa shape index (κ1) is 9.89. The van der Waals surface area contributed by atoms with Crippen LogP contribution in [0.3, 0.4) is 0 Å². The van der Waals surface area contributed by atoms with E-state index in [0.717, 1.165) is 12.1 Å². The minimum Gasteiger partial charge on any atom is -0.372 e. The van der Waals surface area contributed by atoms with E-state index in [1.165, 1.54) is 11.5 Å². The molecule has 3 nitrogen and oxygen atoms in total. The van der Waals surface area contributed by atoms with E-state index in [4.69, 9.17) is 16.3 Å². The van der Waals surface area contributed by atoms with Crippen LogP contribution < -0.4 is 0 Å². The van der Waals surface area contributed by atoms with Crippen LogP contribution in [0.15, 0.2) is 0 Å². The molecule has 0 aliphatic rings. The van der Waals surface area contributed by atoms with Gasteiger partial charge in [-0.25, -0.2) is 0 Å². The molecule has 0 bridgehead atoms. The minimum absolute atomic E-state index is 0.253. The third kappa shape index (κ3) is 2.69. The summed E-state index contributed by atoms with van der Waals surface area (Å²) in [5, 5.41) is 3.83. The Kier molecular flexibility index (Phi) is 3.91. The van der Waals surface area contributed by atoms with E-state index in [1.54, 1.807) is 0 Å². The van der Waals surface area contributed by atoms with Crippen LogP contribution in [0.2, 0.25) is 4.34 Å². The van der Waals surface area contributed by atoms with Crippen molar-refractivity contribution in [3.8, 4) is 0 Å². The van der Waals surface area contributed by atoms with Gasteiger partial charge in [0.15, 0.2) is 0 Å². The van der Waals surface area contributed by atoms with Crippen molar-refractivity contribution in [3.05, 3.63) is 10.0 Å². The molecule has 1 atom stereocenters. The van der Waals surface area contributed by atoms with Gasteiger partial charge in [0, 0.05) is 11.5 Å². The van der Waals surface area contributed by atoms with Gasteiger partial charge in [-0.05, 0) is 13.3 Å². The number of aromatic nitrogens is 2. The minimum atomic E-state index is 0.253. The zero-order chi connectivity index (χ0) is 8.97. The number of rotatable bonds is 4. The van der Waals surface area contributed by atoms with Crippen molar-refractivity contribution in [1.29, 1.82) is 0 Å². The SMILES string of the molecule is CCC(C)OCc1nnsc1Cl. The highest BCUT2D eigenvalue weighted by Gasteiger charge is 2.06. The average Bonchev–Trinajstić information content (AvgIpc) is 2.47. The summed E-state index contributed by atoms with van der Waals surface area (Å²) in [6.45, 7) is 4.56. The van der Waals surface area contributed by atoms with Crippen molar-refractivity contribution in [3.63, 3.8) is 0 Å². The molecule has 5 heteroatoms. The summed E-state index contributed by atoms with van der Waals surface area (Å²) in [4.78, 5) is 0. The molecule has 1 unspecified atom stereocenters. The predicted octanol–water partition coefficient (Wildman–Crippen LogP) is 2.51. The molecule has 0 saturated heterocycles. The largest absolute Gasteiger partial charge is 0.372 e. The van der Waals surface area contributed by atoms with Gasteiger partial charge < -0.3 is 4.74 Å². The van der Waals surface area contributed by atoms with Crippen LogP contribution in [-0.4, -0.2) is 15.7 Å². The van der Waals surface area contributed by atoms with Gasteiger partial charge in [0.05, 0.1) is 12.7 Å². The Bertz CT molecular complexity index is 241. The van der Waals surface area contributed by atoms with Crippen molar-refractivity contribution >= 4 is 23.1 Å². The molecule has 12 heavy (non-hydrogen) atoms. The van der Waals surface area contributed by atoms with Crippen molar-refractivity contribution in [2.45, 2.75) is 33.0 Å². The fourth-order valence-corrected chi connectivity index (χ4v) is 1.22. The number of halogens is 1. The Morgan fingerprint density at radius 3 is 2.92 bits per heavy atom. The average molecular weight is 207 g/mol. The van der Waals surface area contributed by atoms with Crippen LogP contribution in [0.1, 0.15) is 26.0 Å². The maximum absolute atomic E-state index is 5.78. The van der Waals surface area contributed by atoms with Crippen LogP contribution in [0.5, 0.6) is 0 Å². The normalized spacial score (nSPS) is 13.2. The van der Waals surface area contributed by atoms with Crippen molar-refractivity contribution in [1.82, 2.24) is 9.59 Å². The molecule has 0 N–H and O–H groups in total. The lowest BCUT2D eigenvalue weighted by molar-refractivity contribution is 0.0489. The highest BCUT2D eigenvalue weighted by molar-refractivity contribution is 7.10. The van der Waals surface area contributed by atoms with E-state index in [9.17, 15) is 0 Å². The standard InChI is InChI=1S/C7H11ClN2OS/c1-3-5(2)11-4-6-7(8)12-10-9-6/h5H,3-4H2,1-2H3. The van der Waals surface area contributed by atoms with Crippen molar-refractivity contribution < 1.29 is 4.74 Å². The molecule has 0 fully saturated rings. The van der Waals surface area contributed by atoms with Crippen LogP contribution >= 0.6 is 23.1 Å². The summed E-state index contributed by atoms with van der Waals surface area (Å²) in [7, 11) is 0. The van der Waals surface area contributed by atoms with Gasteiger partial charge in [-0.2, -0.15) is 0 Å². The van der Waals surface area contributed by atoms with Gasteiger partial charge in [-0.3, -0.25) is 0 Å². The summed E-state index contributed by atoms with van der Waals surface area (Å²) in [6.07, 6.45) is 1.25. The molecule has 1 aromatic heterocycles. The van der Waals surface area contributed by atoms with Gasteiger partial charge in [0.2, 0.25) is 0 Å². The van der Waals surface area contributed by atoms with E-state index in [0.29, 0.717) is 10.9 Å². The smallest absolute Gasteiger partial charge is 0.139 e. The zero-order valence-corrected chi connectivity index (χ0v) is 8.65. The second-order valence-electron chi connectivity index (χ2n) is 2.52. The molecule has 1 heterocycles. The number of ether oxygens (including phenoxy) is 1. The topological polar surface area (TPSA) is 35.0 Å². The van der Waals surface area contributed by atoms with E-state index < -0.39 is 0 Å². The quantitative estimate of drug-likeness (QED) is 0.760. The monoisotopic (exact) mass is 206 g/mol. The summed E-state index contributed by atoms with van der Waals surface area (Å²) < 4.78 is 9.76. The van der Waals surface area contributed by atoms with Crippen molar-refractivity contribution in [2.24, 2.45) is 0 Å². The molecule has 0 aliphatic heterocycles. The number of hydrogen-bond donors (Lipinski definition) is 0. The molecule has 0 saturated carbocycles. The lowest BCUT2D eigenvalue weighted by Crippen LogP contribution is -2.06. The Hall–Kier alpha value is -0.190. The van der Waals surface area contributed by atoms with Crippen LogP contribution in [0.25, 0.3) is 0 Å². The third-order valence-electron chi connectivity index (χ3n) is 1.59. The van der Waals surface area contributed by atoms with E-state index in [1.807, 2.05) is 6.92 Å². The van der Waals surface area contributed by atoms with E-state index in [2.05, 4.69) is 16.5 Å². The fraction of sp³-hybridized carbons (Fsp3) is 0.714. The fourth-order valence-electron chi connectivity index (χ4n) is 0.622. The number of hydrogen-bond acceptors (Lipinski definition) is 4. The molecule has 0 amide bonds. The molecular formula is C7H11ClN2OS. The van der Waals surface area contributed by atoms with Crippen molar-refractivity contribution in [2.75, 3.05) is 0 Å². The van der Waals surface area contributed by atoms with Gasteiger partial charge in [-0.1, -0.05) is 23.0 Å². The van der Waals surface area contributed by atoms with Crippen LogP contribution in [0.4, 0.5) is 0 Å². The van der Waals surface area contributed by atoms with Crippen LogP contribution in [-0.2, 0) is 11.3 Å². The molecule has 1 aromatic rings. The summed E-state index contributed by atoms with van der Waals surface area (Å²) >= 11 is 6.97. The van der Waals surface area contributed by atoms with Gasteiger partial charge >= 0.3 is 0 Å². The Morgan fingerprint density at radius 1 is 1.67 bits per heavy atom. The lowest BCUT2D eigenvalue weighted by atomic mass is 10.3. The molecule has 68 valence electrons. The Balaban J connectivity index is 2.38. The molecular weight excluding hydrogens is 196 g/mol. The van der Waals surface area contributed by atoms with Crippen LogP contribution in [0, 0.1) is 0 Å². The van der Waals surface area contributed by atoms with Gasteiger partial charge in [0.1, 0.15) is 10.0 Å². The highest BCUT2D eigenvalue weighted by atomic mass is 35.5. The molecule has 0 aromatic carbocycles. The van der Waals surface area contributed by atoms with E-state index in [-0.39, 0.29) is 6.10 Å². The zero-order valence-electron chi connectivity index (χ0n) is 7.08. The maximum atomic E-state index is 5.78. The summed E-state index contributed by atoms with van der Waals surface area (Å²) in [6, 6.07) is 0. The third-order valence-corrected chi connectivity index (χ3v) is 2.57. The molecule has 1 rings (SSSR count). The maximum Gasteiger partial charge on any atom is 0.139 e. The van der Waals surface area contributed by atoms with E-state index >= 15 is 0 Å². The first-order valence-corrected chi connectivity index (χ1v) is 4.97. The Labute approximate surface area is 80.9 Å².